The smallest absolute Gasteiger partial charge is 0.138 e. The van der Waals surface area contributed by atoms with Crippen LogP contribution in [0, 0.1) is 6.92 Å². The molecule has 0 aliphatic carbocycles. The molecule has 0 unspecified atom stereocenters. The predicted octanol–water partition coefficient (Wildman–Crippen LogP) is 4.11. The molecule has 102 valence electrons. The zero-order valence-electron chi connectivity index (χ0n) is 10.8. The minimum Gasteiger partial charge on any atom is -0.390 e. The van der Waals surface area contributed by atoms with Crippen LogP contribution in [-0.2, 0) is 6.61 Å². The second-order valence-corrected chi connectivity index (χ2v) is 5.47. The third-order valence-electron chi connectivity index (χ3n) is 3.22. The lowest BCUT2D eigenvalue weighted by atomic mass is 10.1. The van der Waals surface area contributed by atoms with E-state index in [1.54, 1.807) is 12.1 Å². The molecule has 0 atom stereocenters. The number of hydrogen-bond acceptors (Lipinski definition) is 2. The highest BCUT2D eigenvalue weighted by atomic mass is 35.5. The highest BCUT2D eigenvalue weighted by Gasteiger charge is 2.15. The molecule has 2 heterocycles. The first-order valence-corrected chi connectivity index (χ1v) is 6.89. The molecule has 2 aromatic heterocycles. The number of aromatic nitrogens is 2. The quantitative estimate of drug-likeness (QED) is 0.773. The first-order valence-electron chi connectivity index (χ1n) is 6.14. The molecule has 0 amide bonds. The summed E-state index contributed by atoms with van der Waals surface area (Å²) in [5, 5.41) is 10.7. The van der Waals surface area contributed by atoms with E-state index in [1.807, 2.05) is 35.7 Å². The summed E-state index contributed by atoms with van der Waals surface area (Å²) >= 11 is 12.2. The van der Waals surface area contributed by atoms with E-state index in [0.29, 0.717) is 21.4 Å². The van der Waals surface area contributed by atoms with E-state index < -0.39 is 0 Å². The lowest BCUT2D eigenvalue weighted by molar-refractivity contribution is 0.276. The second kappa shape index (κ2) is 5.09. The van der Waals surface area contributed by atoms with Crippen molar-refractivity contribution in [1.29, 1.82) is 0 Å². The highest BCUT2D eigenvalue weighted by molar-refractivity contribution is 6.36. The predicted molar refractivity (Wildman–Crippen MR) is 81.3 cm³/mol. The molecule has 20 heavy (non-hydrogen) atoms. The van der Waals surface area contributed by atoms with Crippen molar-refractivity contribution in [3.63, 3.8) is 0 Å². The van der Waals surface area contributed by atoms with Crippen LogP contribution >= 0.6 is 23.2 Å². The molecule has 0 bridgehead atoms. The van der Waals surface area contributed by atoms with Crippen molar-refractivity contribution < 1.29 is 5.11 Å². The van der Waals surface area contributed by atoms with Gasteiger partial charge in [0.15, 0.2) is 0 Å². The molecule has 0 saturated carbocycles. The number of fused-ring (bicyclic) bond motifs is 1. The SMILES string of the molecule is Cc1ccn2c(CO)c(-c3ccc(Cl)cc3Cl)nc2c1. The van der Waals surface area contributed by atoms with Gasteiger partial charge in [-0.15, -0.1) is 0 Å². The van der Waals surface area contributed by atoms with E-state index in [-0.39, 0.29) is 6.61 Å². The summed E-state index contributed by atoms with van der Waals surface area (Å²) in [5.74, 6) is 0. The van der Waals surface area contributed by atoms with Gasteiger partial charge < -0.3 is 9.51 Å². The first kappa shape index (κ1) is 13.4. The molecule has 0 aliphatic rings. The number of aliphatic hydroxyl groups excluding tert-OH is 1. The van der Waals surface area contributed by atoms with E-state index in [0.717, 1.165) is 16.8 Å². The Morgan fingerprint density at radius 3 is 2.70 bits per heavy atom. The van der Waals surface area contributed by atoms with E-state index in [2.05, 4.69) is 4.98 Å². The molecule has 3 nitrogen and oxygen atoms in total. The number of imidazole rings is 1. The van der Waals surface area contributed by atoms with Crippen LogP contribution in [0.3, 0.4) is 0 Å². The number of rotatable bonds is 2. The largest absolute Gasteiger partial charge is 0.390 e. The van der Waals surface area contributed by atoms with Gasteiger partial charge >= 0.3 is 0 Å². The highest BCUT2D eigenvalue weighted by Crippen LogP contribution is 2.32. The lowest BCUT2D eigenvalue weighted by Crippen LogP contribution is -1.94. The van der Waals surface area contributed by atoms with Gasteiger partial charge in [0, 0.05) is 16.8 Å². The molecule has 1 N–H and O–H groups in total. The molecular weight excluding hydrogens is 295 g/mol. The Labute approximate surface area is 126 Å². The lowest BCUT2D eigenvalue weighted by Gasteiger charge is -2.04. The average molecular weight is 307 g/mol. The molecule has 0 fully saturated rings. The van der Waals surface area contributed by atoms with Gasteiger partial charge in [0.1, 0.15) is 5.65 Å². The molecule has 0 spiro atoms. The number of halogens is 2. The van der Waals surface area contributed by atoms with Gasteiger partial charge in [-0.2, -0.15) is 0 Å². The Kier molecular flexibility index (Phi) is 3.42. The van der Waals surface area contributed by atoms with Crippen LogP contribution in [0.1, 0.15) is 11.3 Å². The molecule has 3 aromatic rings. The maximum Gasteiger partial charge on any atom is 0.138 e. The zero-order valence-corrected chi connectivity index (χ0v) is 12.3. The normalized spacial score (nSPS) is 11.2. The van der Waals surface area contributed by atoms with Crippen LogP contribution in [0.5, 0.6) is 0 Å². The first-order chi connectivity index (χ1) is 9.60. The summed E-state index contributed by atoms with van der Waals surface area (Å²) in [7, 11) is 0. The third-order valence-corrected chi connectivity index (χ3v) is 3.76. The standard InChI is InChI=1S/C15H12Cl2N2O/c1-9-4-5-19-13(8-20)15(18-14(19)6-9)11-3-2-10(16)7-12(11)17/h2-7,20H,8H2,1H3. The van der Waals surface area contributed by atoms with Crippen molar-refractivity contribution >= 4 is 28.8 Å². The number of aryl methyl sites for hydroxylation is 1. The van der Waals surface area contributed by atoms with Gasteiger partial charge in [0.2, 0.25) is 0 Å². The maximum absolute atomic E-state index is 9.65. The molecule has 0 saturated heterocycles. The summed E-state index contributed by atoms with van der Waals surface area (Å²) in [6.45, 7) is 1.89. The summed E-state index contributed by atoms with van der Waals surface area (Å²) in [6.07, 6.45) is 1.90. The number of benzene rings is 1. The Balaban J connectivity index is 2.30. The number of pyridine rings is 1. The van der Waals surface area contributed by atoms with Gasteiger partial charge in [0.05, 0.1) is 23.0 Å². The minimum atomic E-state index is -0.113. The Morgan fingerprint density at radius 2 is 2.00 bits per heavy atom. The number of nitrogens with zero attached hydrogens (tertiary/aromatic N) is 2. The fourth-order valence-corrected chi connectivity index (χ4v) is 2.74. The fourth-order valence-electron chi connectivity index (χ4n) is 2.25. The van der Waals surface area contributed by atoms with Crippen LogP contribution in [0.4, 0.5) is 0 Å². The Bertz CT molecular complexity index is 796. The summed E-state index contributed by atoms with van der Waals surface area (Å²) < 4.78 is 1.87. The van der Waals surface area contributed by atoms with Crippen LogP contribution in [0.15, 0.2) is 36.5 Å². The molecule has 0 aliphatic heterocycles. The van der Waals surface area contributed by atoms with E-state index >= 15 is 0 Å². The van der Waals surface area contributed by atoms with Gasteiger partial charge in [-0.3, -0.25) is 0 Å². The number of aliphatic hydroxyl groups is 1. The molecular formula is C15H12Cl2N2O. The summed E-state index contributed by atoms with van der Waals surface area (Å²) in [5.41, 5.74) is 4.06. The topological polar surface area (TPSA) is 37.5 Å². The monoisotopic (exact) mass is 306 g/mol. The summed E-state index contributed by atoms with van der Waals surface area (Å²) in [4.78, 5) is 4.58. The van der Waals surface area contributed by atoms with Gasteiger partial charge in [-0.1, -0.05) is 23.2 Å². The average Bonchev–Trinajstić information content (AvgIpc) is 2.75. The van der Waals surface area contributed by atoms with Crippen LogP contribution in [0.25, 0.3) is 16.9 Å². The molecule has 5 heteroatoms. The van der Waals surface area contributed by atoms with Crippen molar-refractivity contribution in [1.82, 2.24) is 9.38 Å². The van der Waals surface area contributed by atoms with E-state index in [4.69, 9.17) is 23.2 Å². The van der Waals surface area contributed by atoms with Crippen LogP contribution in [0.2, 0.25) is 10.0 Å². The molecule has 0 radical (unpaired) electrons. The van der Waals surface area contributed by atoms with Crippen molar-refractivity contribution in [2.75, 3.05) is 0 Å². The third kappa shape index (κ3) is 2.18. The van der Waals surface area contributed by atoms with Gasteiger partial charge in [-0.25, -0.2) is 4.98 Å². The van der Waals surface area contributed by atoms with Gasteiger partial charge in [0.25, 0.3) is 0 Å². The van der Waals surface area contributed by atoms with Crippen molar-refractivity contribution in [2.24, 2.45) is 0 Å². The Morgan fingerprint density at radius 1 is 1.20 bits per heavy atom. The van der Waals surface area contributed by atoms with Crippen LogP contribution < -0.4 is 0 Å². The Hall–Kier alpha value is -1.55. The maximum atomic E-state index is 9.65. The molecule has 3 rings (SSSR count). The van der Waals surface area contributed by atoms with Gasteiger partial charge in [-0.05, 0) is 42.8 Å². The molecule has 1 aromatic carbocycles. The minimum absolute atomic E-state index is 0.113. The van der Waals surface area contributed by atoms with Crippen molar-refractivity contribution in [3.05, 3.63) is 57.8 Å². The van der Waals surface area contributed by atoms with Crippen molar-refractivity contribution in [3.8, 4) is 11.3 Å². The fraction of sp³-hybridized carbons (Fsp3) is 0.133. The van der Waals surface area contributed by atoms with E-state index in [9.17, 15) is 5.11 Å². The summed E-state index contributed by atoms with van der Waals surface area (Å²) in [6, 6.07) is 9.19. The zero-order chi connectivity index (χ0) is 14.3. The number of hydrogen-bond donors (Lipinski definition) is 1. The van der Waals surface area contributed by atoms with E-state index in [1.165, 1.54) is 0 Å². The van der Waals surface area contributed by atoms with Crippen molar-refractivity contribution in [2.45, 2.75) is 13.5 Å². The van der Waals surface area contributed by atoms with Crippen LogP contribution in [-0.4, -0.2) is 14.5 Å². The second-order valence-electron chi connectivity index (χ2n) is 4.62.